The molecule has 5 rings (SSSR count). The Balaban J connectivity index is 1.41. The van der Waals surface area contributed by atoms with E-state index in [0.29, 0.717) is 22.8 Å². The minimum atomic E-state index is -0.997. The molecule has 1 N–H and O–H groups in total. The lowest BCUT2D eigenvalue weighted by molar-refractivity contribution is -0.132. The topological polar surface area (TPSA) is 88.3 Å². The van der Waals surface area contributed by atoms with Gasteiger partial charge in [0, 0.05) is 10.6 Å². The fraction of sp³-hybridized carbons (Fsp3) is 0.200. The zero-order valence-corrected chi connectivity index (χ0v) is 15.4. The first-order valence-electron chi connectivity index (χ1n) is 8.88. The maximum absolute atomic E-state index is 13.2. The number of urea groups is 1. The van der Waals surface area contributed by atoms with Crippen LogP contribution >= 0.6 is 11.6 Å². The van der Waals surface area contributed by atoms with Crippen molar-refractivity contribution in [1.82, 2.24) is 20.4 Å². The number of halogens is 1. The second kappa shape index (κ2) is 6.17. The molecule has 1 fully saturated rings. The Hall–Kier alpha value is -3.19. The first kappa shape index (κ1) is 16.9. The number of fused-ring (bicyclic) bond motifs is 2. The first-order chi connectivity index (χ1) is 13.6. The molecule has 1 aliphatic carbocycles. The van der Waals surface area contributed by atoms with Gasteiger partial charge in [-0.05, 0) is 36.1 Å². The summed E-state index contributed by atoms with van der Waals surface area (Å²) in [4.78, 5) is 31.2. The van der Waals surface area contributed by atoms with E-state index in [9.17, 15) is 9.59 Å². The number of benzene rings is 2. The van der Waals surface area contributed by atoms with E-state index in [-0.39, 0.29) is 18.3 Å². The van der Waals surface area contributed by atoms with E-state index in [2.05, 4.69) is 15.5 Å². The minimum absolute atomic E-state index is 0.0812. The molecule has 140 valence electrons. The van der Waals surface area contributed by atoms with Gasteiger partial charge in [0.15, 0.2) is 0 Å². The summed E-state index contributed by atoms with van der Waals surface area (Å²) in [6.45, 7) is -0.0812. The quantitative estimate of drug-likeness (QED) is 0.688. The number of carbonyl (C=O) groups is 2. The number of carbonyl (C=O) groups excluding carboxylic acids is 2. The van der Waals surface area contributed by atoms with Crippen molar-refractivity contribution in [1.29, 1.82) is 0 Å². The van der Waals surface area contributed by atoms with Gasteiger partial charge in [-0.25, -0.2) is 4.79 Å². The van der Waals surface area contributed by atoms with Crippen molar-refractivity contribution in [2.24, 2.45) is 0 Å². The van der Waals surface area contributed by atoms with Crippen molar-refractivity contribution in [2.75, 3.05) is 0 Å². The van der Waals surface area contributed by atoms with Gasteiger partial charge in [0.1, 0.15) is 12.1 Å². The number of nitrogens with one attached hydrogen (secondary N) is 1. The van der Waals surface area contributed by atoms with Crippen LogP contribution in [0.1, 0.15) is 23.4 Å². The average Bonchev–Trinajstić information content (AvgIpc) is 3.37. The summed E-state index contributed by atoms with van der Waals surface area (Å²) >= 11 is 6.00. The molecule has 2 aliphatic rings. The average molecular weight is 395 g/mol. The van der Waals surface area contributed by atoms with E-state index in [1.807, 2.05) is 24.3 Å². The molecule has 1 atom stereocenters. The molecule has 2 aromatic carbocycles. The largest absolute Gasteiger partial charge is 0.337 e. The summed E-state index contributed by atoms with van der Waals surface area (Å²) in [7, 11) is 0. The monoisotopic (exact) mass is 394 g/mol. The Morgan fingerprint density at radius 2 is 2.04 bits per heavy atom. The fourth-order valence-electron chi connectivity index (χ4n) is 3.93. The Morgan fingerprint density at radius 3 is 2.89 bits per heavy atom. The van der Waals surface area contributed by atoms with E-state index in [1.165, 1.54) is 0 Å². The summed E-state index contributed by atoms with van der Waals surface area (Å²) in [6.07, 6.45) is 1.29. The van der Waals surface area contributed by atoms with Gasteiger partial charge in [0.2, 0.25) is 11.7 Å². The van der Waals surface area contributed by atoms with Gasteiger partial charge in [-0.1, -0.05) is 53.2 Å². The number of nitrogens with zero attached hydrogens (tertiary/aromatic N) is 3. The minimum Gasteiger partial charge on any atom is -0.337 e. The Kier molecular flexibility index (Phi) is 3.73. The maximum Gasteiger partial charge on any atom is 0.325 e. The van der Waals surface area contributed by atoms with Crippen molar-refractivity contribution in [3.63, 3.8) is 0 Å². The predicted octanol–water partition coefficient (Wildman–Crippen LogP) is 3.28. The van der Waals surface area contributed by atoms with Crippen molar-refractivity contribution >= 4 is 23.5 Å². The van der Waals surface area contributed by atoms with E-state index in [1.54, 1.807) is 24.3 Å². The molecule has 1 aromatic heterocycles. The van der Waals surface area contributed by atoms with Crippen molar-refractivity contribution in [3.05, 3.63) is 70.6 Å². The van der Waals surface area contributed by atoms with Gasteiger partial charge in [-0.3, -0.25) is 9.69 Å². The molecule has 8 heteroatoms. The maximum atomic E-state index is 13.2. The van der Waals surface area contributed by atoms with Gasteiger partial charge >= 0.3 is 6.03 Å². The Bertz CT molecular complexity index is 1110. The summed E-state index contributed by atoms with van der Waals surface area (Å²) in [5, 5.41) is 7.37. The molecule has 3 aromatic rings. The zero-order chi connectivity index (χ0) is 19.3. The van der Waals surface area contributed by atoms with Gasteiger partial charge in [-0.2, -0.15) is 4.98 Å². The smallest absolute Gasteiger partial charge is 0.325 e. The molecule has 1 aliphatic heterocycles. The number of hydrogen-bond donors (Lipinski definition) is 1. The highest BCUT2D eigenvalue weighted by Gasteiger charge is 2.55. The van der Waals surface area contributed by atoms with Gasteiger partial charge in [0.25, 0.3) is 5.91 Å². The second-order valence-corrected chi connectivity index (χ2v) is 7.34. The van der Waals surface area contributed by atoms with Crippen LogP contribution in [0.15, 0.2) is 53.1 Å². The highest BCUT2D eigenvalue weighted by atomic mass is 35.5. The van der Waals surface area contributed by atoms with Crippen LogP contribution in [0.3, 0.4) is 0 Å². The number of rotatable bonds is 3. The molecule has 0 saturated carbocycles. The molecule has 7 nitrogen and oxygen atoms in total. The molecule has 1 saturated heterocycles. The van der Waals surface area contributed by atoms with Crippen LogP contribution in [0.25, 0.3) is 11.4 Å². The molecule has 3 amide bonds. The first-order valence-corrected chi connectivity index (χ1v) is 9.26. The van der Waals surface area contributed by atoms with E-state index >= 15 is 0 Å². The van der Waals surface area contributed by atoms with Crippen LogP contribution < -0.4 is 5.32 Å². The number of aromatic nitrogens is 2. The van der Waals surface area contributed by atoms with E-state index in [0.717, 1.165) is 22.4 Å². The molecule has 0 unspecified atom stereocenters. The van der Waals surface area contributed by atoms with Crippen LogP contribution in [0, 0.1) is 0 Å². The highest BCUT2D eigenvalue weighted by Crippen LogP contribution is 2.41. The van der Waals surface area contributed by atoms with Gasteiger partial charge in [-0.15, -0.1) is 0 Å². The fourth-order valence-corrected chi connectivity index (χ4v) is 4.12. The van der Waals surface area contributed by atoms with Crippen LogP contribution in [0.5, 0.6) is 0 Å². The third-order valence-corrected chi connectivity index (χ3v) is 5.50. The summed E-state index contributed by atoms with van der Waals surface area (Å²) in [5.41, 5.74) is 1.64. The van der Waals surface area contributed by atoms with Crippen LogP contribution in [-0.2, 0) is 23.3 Å². The van der Waals surface area contributed by atoms with Crippen LogP contribution in [-0.4, -0.2) is 27.0 Å². The summed E-state index contributed by atoms with van der Waals surface area (Å²) in [5.74, 6) is 0.247. The molecular weight excluding hydrogens is 380 g/mol. The van der Waals surface area contributed by atoms with E-state index in [4.69, 9.17) is 16.1 Å². The molecule has 2 heterocycles. The van der Waals surface area contributed by atoms with E-state index < -0.39 is 11.6 Å². The number of amides is 3. The summed E-state index contributed by atoms with van der Waals surface area (Å²) in [6, 6.07) is 14.3. The van der Waals surface area contributed by atoms with Crippen molar-refractivity contribution in [2.45, 2.75) is 24.9 Å². The van der Waals surface area contributed by atoms with Crippen molar-refractivity contribution < 1.29 is 14.1 Å². The normalized spacial score (nSPS) is 20.7. The molecular formula is C20H15ClN4O3. The van der Waals surface area contributed by atoms with Gasteiger partial charge < -0.3 is 9.84 Å². The summed E-state index contributed by atoms with van der Waals surface area (Å²) < 4.78 is 5.26. The molecule has 0 radical (unpaired) electrons. The van der Waals surface area contributed by atoms with Crippen LogP contribution in [0.2, 0.25) is 5.02 Å². The lowest BCUT2D eigenvalue weighted by Gasteiger charge is -2.21. The number of aryl methyl sites for hydroxylation is 1. The standard InChI is InChI=1S/C20H15ClN4O3/c21-14-6-3-5-13(10-14)17-22-16(28-24-17)11-25-18(26)20(23-19(25)27)9-8-12-4-1-2-7-15(12)20/h1-7,10H,8-9,11H2,(H,23,27)/t20-/m0/s1. The third-order valence-electron chi connectivity index (χ3n) is 5.27. The molecule has 0 bridgehead atoms. The lowest BCUT2D eigenvalue weighted by atomic mass is 9.92. The predicted molar refractivity (Wildman–Crippen MR) is 100 cm³/mol. The SMILES string of the molecule is O=C1N[C@]2(CCc3ccccc32)C(=O)N1Cc1nc(-c2cccc(Cl)c2)no1. The third kappa shape index (κ3) is 2.51. The Labute approximate surface area is 165 Å². The second-order valence-electron chi connectivity index (χ2n) is 6.91. The Morgan fingerprint density at radius 1 is 1.18 bits per heavy atom. The van der Waals surface area contributed by atoms with Crippen molar-refractivity contribution in [3.8, 4) is 11.4 Å². The number of imide groups is 1. The zero-order valence-electron chi connectivity index (χ0n) is 14.7. The molecule has 1 spiro atoms. The lowest BCUT2D eigenvalue weighted by Crippen LogP contribution is -2.41. The number of hydrogen-bond acceptors (Lipinski definition) is 5. The molecule has 28 heavy (non-hydrogen) atoms. The van der Waals surface area contributed by atoms with Crippen LogP contribution in [0.4, 0.5) is 4.79 Å². The highest BCUT2D eigenvalue weighted by molar-refractivity contribution is 6.30. The van der Waals surface area contributed by atoms with Gasteiger partial charge in [0.05, 0.1) is 0 Å².